The molecule has 5 nitrogen and oxygen atoms in total. The quantitative estimate of drug-likeness (QED) is 0.909. The van der Waals surface area contributed by atoms with Crippen LogP contribution in [0.2, 0.25) is 0 Å². The molecule has 1 aromatic heterocycles. The maximum Gasteiger partial charge on any atom is 0.416 e. The molecule has 1 amide bonds. The molecule has 2 rings (SSSR count). The van der Waals surface area contributed by atoms with E-state index in [4.69, 9.17) is 0 Å². The Morgan fingerprint density at radius 3 is 2.37 bits per heavy atom. The average molecular weight is 270 g/mol. The second kappa shape index (κ2) is 4.71. The third kappa shape index (κ3) is 2.90. The minimum absolute atomic E-state index is 0.107. The number of aryl methyl sites for hydroxylation is 1. The van der Waals surface area contributed by atoms with Crippen molar-refractivity contribution in [3.8, 4) is 0 Å². The number of carbonyl (C=O) groups excluding carboxylic acids is 1. The minimum atomic E-state index is -4.42. The third-order valence-electron chi connectivity index (χ3n) is 2.41. The van der Waals surface area contributed by atoms with Gasteiger partial charge in [0.2, 0.25) is 5.95 Å². The molecule has 1 aromatic carbocycles. The van der Waals surface area contributed by atoms with Crippen LogP contribution in [-0.2, 0) is 13.2 Å². The zero-order chi connectivity index (χ0) is 14.0. The molecule has 8 heteroatoms. The van der Waals surface area contributed by atoms with E-state index in [0.717, 1.165) is 24.3 Å². The van der Waals surface area contributed by atoms with Crippen molar-refractivity contribution in [2.24, 2.45) is 7.05 Å². The minimum Gasteiger partial charge on any atom is -0.303 e. The van der Waals surface area contributed by atoms with Crippen LogP contribution in [0.4, 0.5) is 19.1 Å². The molecule has 0 spiro atoms. The highest BCUT2D eigenvalue weighted by molar-refractivity contribution is 6.03. The summed E-state index contributed by atoms with van der Waals surface area (Å²) < 4.78 is 38.5. The van der Waals surface area contributed by atoms with Crippen LogP contribution in [0.3, 0.4) is 0 Å². The van der Waals surface area contributed by atoms with Gasteiger partial charge in [-0.25, -0.2) is 0 Å². The number of hydrogen-bond acceptors (Lipinski definition) is 3. The Labute approximate surface area is 106 Å². The van der Waals surface area contributed by atoms with E-state index in [2.05, 4.69) is 15.5 Å². The van der Waals surface area contributed by atoms with Crippen LogP contribution in [0.15, 0.2) is 30.6 Å². The summed E-state index contributed by atoms with van der Waals surface area (Å²) in [6, 6.07) is 3.92. The molecule has 0 unspecified atom stereocenters. The summed E-state index contributed by atoms with van der Waals surface area (Å²) in [7, 11) is 1.63. The second-order valence-electron chi connectivity index (χ2n) is 3.79. The van der Waals surface area contributed by atoms with Crippen LogP contribution in [0, 0.1) is 0 Å². The van der Waals surface area contributed by atoms with Crippen molar-refractivity contribution in [2.45, 2.75) is 6.18 Å². The summed E-state index contributed by atoms with van der Waals surface area (Å²) in [6.45, 7) is 0. The van der Waals surface area contributed by atoms with Gasteiger partial charge in [0.1, 0.15) is 6.33 Å². The van der Waals surface area contributed by atoms with Gasteiger partial charge in [0.15, 0.2) is 0 Å². The number of anilines is 1. The smallest absolute Gasteiger partial charge is 0.303 e. The van der Waals surface area contributed by atoms with Gasteiger partial charge < -0.3 is 4.57 Å². The van der Waals surface area contributed by atoms with Crippen molar-refractivity contribution in [1.82, 2.24) is 14.8 Å². The van der Waals surface area contributed by atoms with Crippen LogP contribution >= 0.6 is 0 Å². The van der Waals surface area contributed by atoms with E-state index in [-0.39, 0.29) is 11.5 Å². The van der Waals surface area contributed by atoms with Crippen molar-refractivity contribution in [2.75, 3.05) is 5.32 Å². The van der Waals surface area contributed by atoms with Crippen molar-refractivity contribution < 1.29 is 18.0 Å². The first kappa shape index (κ1) is 13.1. The Balaban J connectivity index is 2.14. The first-order valence-corrected chi connectivity index (χ1v) is 5.20. The molecule has 0 saturated heterocycles. The number of nitrogens with zero attached hydrogens (tertiary/aromatic N) is 3. The van der Waals surface area contributed by atoms with Gasteiger partial charge in [0.25, 0.3) is 5.91 Å². The second-order valence-corrected chi connectivity index (χ2v) is 3.79. The first-order chi connectivity index (χ1) is 8.88. The highest BCUT2D eigenvalue weighted by Crippen LogP contribution is 2.29. The summed E-state index contributed by atoms with van der Waals surface area (Å²) in [5, 5.41) is 9.64. The van der Waals surface area contributed by atoms with Crippen molar-refractivity contribution >= 4 is 11.9 Å². The Morgan fingerprint density at radius 1 is 1.26 bits per heavy atom. The highest BCUT2D eigenvalue weighted by Gasteiger charge is 2.30. The number of benzene rings is 1. The van der Waals surface area contributed by atoms with E-state index in [9.17, 15) is 18.0 Å². The molecule has 0 atom stereocenters. The zero-order valence-corrected chi connectivity index (χ0v) is 9.77. The number of amides is 1. The van der Waals surface area contributed by atoms with Gasteiger partial charge in [-0.2, -0.15) is 13.2 Å². The molecule has 1 N–H and O–H groups in total. The van der Waals surface area contributed by atoms with E-state index >= 15 is 0 Å². The molecule has 0 aliphatic rings. The Kier molecular flexibility index (Phi) is 3.24. The molecule has 0 aliphatic carbocycles. The van der Waals surface area contributed by atoms with Crippen LogP contribution < -0.4 is 5.32 Å². The molecule has 0 radical (unpaired) electrons. The highest BCUT2D eigenvalue weighted by atomic mass is 19.4. The van der Waals surface area contributed by atoms with Crippen LogP contribution in [0.5, 0.6) is 0 Å². The van der Waals surface area contributed by atoms with E-state index in [1.54, 1.807) is 7.05 Å². The van der Waals surface area contributed by atoms with Gasteiger partial charge in [-0.05, 0) is 24.3 Å². The van der Waals surface area contributed by atoms with E-state index in [0.29, 0.717) is 0 Å². The van der Waals surface area contributed by atoms with Gasteiger partial charge in [-0.3, -0.25) is 10.1 Å². The number of alkyl halides is 3. The Hall–Kier alpha value is -2.38. The number of halogens is 3. The number of hydrogen-bond donors (Lipinski definition) is 1. The fraction of sp³-hybridized carbons (Fsp3) is 0.182. The van der Waals surface area contributed by atoms with E-state index in [1.807, 2.05) is 0 Å². The largest absolute Gasteiger partial charge is 0.416 e. The van der Waals surface area contributed by atoms with Gasteiger partial charge in [-0.15, -0.1) is 10.2 Å². The molecule has 1 heterocycles. The molecule has 0 saturated carbocycles. The lowest BCUT2D eigenvalue weighted by Gasteiger charge is -2.07. The van der Waals surface area contributed by atoms with Crippen LogP contribution in [0.1, 0.15) is 15.9 Å². The van der Waals surface area contributed by atoms with Gasteiger partial charge in [0, 0.05) is 12.6 Å². The Bertz CT molecular complexity index is 589. The molecule has 100 valence electrons. The molecule has 0 aliphatic heterocycles. The van der Waals surface area contributed by atoms with E-state index < -0.39 is 17.6 Å². The van der Waals surface area contributed by atoms with E-state index in [1.165, 1.54) is 10.9 Å². The fourth-order valence-electron chi connectivity index (χ4n) is 1.38. The van der Waals surface area contributed by atoms with Gasteiger partial charge in [-0.1, -0.05) is 0 Å². The molecular weight excluding hydrogens is 261 g/mol. The first-order valence-electron chi connectivity index (χ1n) is 5.20. The summed E-state index contributed by atoms with van der Waals surface area (Å²) in [4.78, 5) is 11.8. The number of carbonyl (C=O) groups is 1. The molecule has 19 heavy (non-hydrogen) atoms. The van der Waals surface area contributed by atoms with Crippen LogP contribution in [0.25, 0.3) is 0 Å². The van der Waals surface area contributed by atoms with Crippen LogP contribution in [-0.4, -0.2) is 20.7 Å². The van der Waals surface area contributed by atoms with Crippen molar-refractivity contribution in [3.05, 3.63) is 41.7 Å². The number of nitrogens with one attached hydrogen (secondary N) is 1. The topological polar surface area (TPSA) is 59.8 Å². The lowest BCUT2D eigenvalue weighted by atomic mass is 10.1. The normalized spacial score (nSPS) is 11.4. The number of rotatable bonds is 2. The monoisotopic (exact) mass is 270 g/mol. The SMILES string of the molecule is Cn1cnnc1NC(=O)c1ccc(C(F)(F)F)cc1. The molecular formula is C11H9F3N4O. The van der Waals surface area contributed by atoms with Gasteiger partial charge >= 0.3 is 6.18 Å². The summed E-state index contributed by atoms with van der Waals surface area (Å²) in [5.74, 6) is -0.338. The van der Waals surface area contributed by atoms with Crippen molar-refractivity contribution in [3.63, 3.8) is 0 Å². The Morgan fingerprint density at radius 2 is 1.89 bits per heavy atom. The molecule has 2 aromatic rings. The lowest BCUT2D eigenvalue weighted by Crippen LogP contribution is -2.15. The summed E-state index contributed by atoms with van der Waals surface area (Å²) >= 11 is 0. The maximum absolute atomic E-state index is 12.4. The predicted molar refractivity (Wildman–Crippen MR) is 60.4 cm³/mol. The van der Waals surface area contributed by atoms with Gasteiger partial charge in [0.05, 0.1) is 5.56 Å². The maximum atomic E-state index is 12.4. The predicted octanol–water partition coefficient (Wildman–Crippen LogP) is 2.09. The zero-order valence-electron chi connectivity index (χ0n) is 9.77. The standard InChI is InChI=1S/C11H9F3N4O/c1-18-6-15-17-10(18)16-9(19)7-2-4-8(5-3-7)11(12,13)14/h2-6H,1H3,(H,16,17,19). The summed E-state index contributed by atoms with van der Waals surface area (Å²) in [6.07, 6.45) is -3.03. The molecule has 0 bridgehead atoms. The third-order valence-corrected chi connectivity index (χ3v) is 2.41. The summed E-state index contributed by atoms with van der Waals surface area (Å²) in [5.41, 5.74) is -0.696. The van der Waals surface area contributed by atoms with Crippen molar-refractivity contribution in [1.29, 1.82) is 0 Å². The molecule has 0 fully saturated rings. The fourth-order valence-corrected chi connectivity index (χ4v) is 1.38. The lowest BCUT2D eigenvalue weighted by molar-refractivity contribution is -0.137. The average Bonchev–Trinajstić information content (AvgIpc) is 2.74. The number of aromatic nitrogens is 3.